The van der Waals surface area contributed by atoms with Gasteiger partial charge in [-0.2, -0.15) is 0 Å². The minimum absolute atomic E-state index is 0. The zero-order valence-electron chi connectivity index (χ0n) is 10.6. The molecule has 100 valence electrons. The van der Waals surface area contributed by atoms with Crippen molar-refractivity contribution in [3.63, 3.8) is 0 Å². The molecule has 4 heteroatoms. The van der Waals surface area contributed by atoms with Crippen LogP contribution in [0.5, 0.6) is 5.75 Å². The maximum absolute atomic E-state index is 10.3. The molecular weight excluding hydrogens is 250 g/mol. The molecule has 1 spiro atoms. The van der Waals surface area contributed by atoms with Crippen LogP contribution in [-0.2, 0) is 0 Å². The van der Waals surface area contributed by atoms with Gasteiger partial charge >= 0.3 is 0 Å². The summed E-state index contributed by atoms with van der Waals surface area (Å²) in [6, 6.07) is 5.62. The molecule has 0 radical (unpaired) electrons. The van der Waals surface area contributed by atoms with Gasteiger partial charge in [-0.15, -0.1) is 12.4 Å². The topological polar surface area (TPSA) is 55.5 Å². The Morgan fingerprint density at radius 2 is 2.00 bits per heavy atom. The van der Waals surface area contributed by atoms with Crippen LogP contribution in [0.4, 0.5) is 0 Å². The molecule has 1 aliphatic carbocycles. The van der Waals surface area contributed by atoms with Crippen molar-refractivity contribution in [1.82, 2.24) is 0 Å². The second-order valence-corrected chi connectivity index (χ2v) is 5.39. The van der Waals surface area contributed by atoms with E-state index in [4.69, 9.17) is 10.5 Å². The molecule has 3 rings (SSSR count). The first-order chi connectivity index (χ1) is 8.12. The highest BCUT2D eigenvalue weighted by atomic mass is 35.5. The van der Waals surface area contributed by atoms with Crippen molar-refractivity contribution >= 4 is 12.4 Å². The smallest absolute Gasteiger partial charge is 0.127 e. The first kappa shape index (κ1) is 13.7. The Balaban J connectivity index is 0.00000120. The van der Waals surface area contributed by atoms with Gasteiger partial charge < -0.3 is 15.6 Å². The molecule has 0 bridgehead atoms. The number of ether oxygens (including phenoxy) is 1. The summed E-state index contributed by atoms with van der Waals surface area (Å²) in [5.41, 5.74) is 7.85. The predicted molar refractivity (Wildman–Crippen MR) is 73.2 cm³/mol. The van der Waals surface area contributed by atoms with E-state index in [1.54, 1.807) is 0 Å². The van der Waals surface area contributed by atoms with Crippen molar-refractivity contribution in [2.45, 2.75) is 50.4 Å². The molecule has 2 atom stereocenters. The first-order valence-corrected chi connectivity index (χ1v) is 6.36. The van der Waals surface area contributed by atoms with Crippen LogP contribution >= 0.6 is 12.4 Å². The average Bonchev–Trinajstić information content (AvgIpc) is 2.75. The van der Waals surface area contributed by atoms with Crippen molar-refractivity contribution in [3.05, 3.63) is 29.3 Å². The van der Waals surface area contributed by atoms with Crippen molar-refractivity contribution in [2.24, 2.45) is 5.73 Å². The molecular formula is C14H20ClNO2. The van der Waals surface area contributed by atoms with Crippen molar-refractivity contribution < 1.29 is 9.84 Å². The van der Waals surface area contributed by atoms with Crippen LogP contribution in [0.15, 0.2) is 18.2 Å². The summed E-state index contributed by atoms with van der Waals surface area (Å²) >= 11 is 0. The predicted octanol–water partition coefficient (Wildman–Crippen LogP) is 2.48. The number of rotatable bonds is 0. The quantitative estimate of drug-likeness (QED) is 0.761. The highest BCUT2D eigenvalue weighted by Crippen LogP contribution is 2.46. The average molecular weight is 270 g/mol. The first-order valence-electron chi connectivity index (χ1n) is 6.36. The van der Waals surface area contributed by atoms with Gasteiger partial charge in [-0.3, -0.25) is 0 Å². The number of aryl methyl sites for hydroxylation is 1. The van der Waals surface area contributed by atoms with Gasteiger partial charge in [-0.25, -0.2) is 0 Å². The molecule has 3 nitrogen and oxygen atoms in total. The van der Waals surface area contributed by atoms with Crippen LogP contribution < -0.4 is 10.5 Å². The van der Waals surface area contributed by atoms with Gasteiger partial charge in [0.25, 0.3) is 0 Å². The lowest BCUT2D eigenvalue weighted by molar-refractivity contribution is -0.0316. The summed E-state index contributed by atoms with van der Waals surface area (Å²) in [6.45, 7) is 2.03. The second kappa shape index (κ2) is 4.72. The van der Waals surface area contributed by atoms with Crippen LogP contribution in [0.25, 0.3) is 0 Å². The lowest BCUT2D eigenvalue weighted by Gasteiger charge is -2.43. The number of aliphatic hydroxyl groups excluding tert-OH is 1. The van der Waals surface area contributed by atoms with Crippen molar-refractivity contribution in [3.8, 4) is 5.75 Å². The minimum atomic E-state index is -0.600. The summed E-state index contributed by atoms with van der Waals surface area (Å²) in [6.07, 6.45) is 3.60. The Morgan fingerprint density at radius 3 is 2.67 bits per heavy atom. The van der Waals surface area contributed by atoms with Gasteiger partial charge in [0.15, 0.2) is 0 Å². The Bertz CT molecular complexity index is 443. The van der Waals surface area contributed by atoms with Gasteiger partial charge in [-0.1, -0.05) is 12.1 Å². The van der Waals surface area contributed by atoms with E-state index >= 15 is 0 Å². The van der Waals surface area contributed by atoms with Gasteiger partial charge in [0.1, 0.15) is 17.5 Å². The molecule has 1 aromatic rings. The lowest BCUT2D eigenvalue weighted by Crippen LogP contribution is -2.56. The second-order valence-electron chi connectivity index (χ2n) is 5.39. The third-order valence-electron chi connectivity index (χ3n) is 4.20. The molecule has 1 fully saturated rings. The summed E-state index contributed by atoms with van der Waals surface area (Å²) in [5, 5.41) is 10.3. The van der Waals surface area contributed by atoms with Gasteiger partial charge in [-0.05, 0) is 44.2 Å². The standard InChI is InChI=1S/C14H19NO2.ClH/c1-9-4-5-10-11(8-9)17-14(6-2-3-7-14)13(15)12(10)16;/h4-5,8,12-13,16H,2-3,6-7,15H2,1H3;1H. The molecule has 1 saturated carbocycles. The van der Waals surface area contributed by atoms with E-state index in [2.05, 4.69) is 0 Å². The highest BCUT2D eigenvalue weighted by molar-refractivity contribution is 5.85. The molecule has 1 aliphatic heterocycles. The maximum atomic E-state index is 10.3. The van der Waals surface area contributed by atoms with Crippen molar-refractivity contribution in [1.29, 1.82) is 0 Å². The fraction of sp³-hybridized carbons (Fsp3) is 0.571. The van der Waals surface area contributed by atoms with Gasteiger partial charge in [0, 0.05) is 5.56 Å². The maximum Gasteiger partial charge on any atom is 0.127 e. The number of aliphatic hydroxyl groups is 1. The van der Waals surface area contributed by atoms with Crippen LogP contribution in [0.1, 0.15) is 42.9 Å². The molecule has 0 aromatic heterocycles. The number of nitrogens with two attached hydrogens (primary N) is 1. The highest BCUT2D eigenvalue weighted by Gasteiger charge is 2.49. The fourth-order valence-corrected chi connectivity index (χ4v) is 3.15. The van der Waals surface area contributed by atoms with E-state index in [-0.39, 0.29) is 24.0 Å². The molecule has 2 aliphatic rings. The third-order valence-corrected chi connectivity index (χ3v) is 4.20. The van der Waals surface area contributed by atoms with Gasteiger partial charge in [0.05, 0.1) is 6.04 Å². The van der Waals surface area contributed by atoms with Crippen LogP contribution in [0, 0.1) is 6.92 Å². The molecule has 1 aromatic carbocycles. The zero-order chi connectivity index (χ0) is 12.0. The molecule has 18 heavy (non-hydrogen) atoms. The van der Waals surface area contributed by atoms with Crippen LogP contribution in [0.2, 0.25) is 0 Å². The summed E-state index contributed by atoms with van der Waals surface area (Å²) in [7, 11) is 0. The molecule has 2 unspecified atom stereocenters. The number of hydrogen-bond donors (Lipinski definition) is 2. The van der Waals surface area contributed by atoms with E-state index in [1.807, 2.05) is 25.1 Å². The van der Waals surface area contributed by atoms with E-state index in [9.17, 15) is 5.11 Å². The Kier molecular flexibility index (Phi) is 3.58. The van der Waals surface area contributed by atoms with Crippen molar-refractivity contribution in [2.75, 3.05) is 0 Å². The third kappa shape index (κ3) is 1.91. The normalized spacial score (nSPS) is 28.4. The monoisotopic (exact) mass is 269 g/mol. The lowest BCUT2D eigenvalue weighted by atomic mass is 9.83. The van der Waals surface area contributed by atoms with E-state index < -0.39 is 6.10 Å². The molecule has 0 saturated heterocycles. The van der Waals surface area contributed by atoms with Crippen LogP contribution in [-0.4, -0.2) is 16.7 Å². The largest absolute Gasteiger partial charge is 0.485 e. The molecule has 3 N–H and O–H groups in total. The Labute approximate surface area is 114 Å². The Morgan fingerprint density at radius 1 is 1.33 bits per heavy atom. The number of benzene rings is 1. The zero-order valence-corrected chi connectivity index (χ0v) is 11.4. The number of fused-ring (bicyclic) bond motifs is 1. The number of halogens is 1. The minimum Gasteiger partial charge on any atom is -0.485 e. The summed E-state index contributed by atoms with van der Waals surface area (Å²) < 4.78 is 6.16. The molecule has 1 heterocycles. The van der Waals surface area contributed by atoms with E-state index in [0.717, 1.165) is 42.6 Å². The summed E-state index contributed by atoms with van der Waals surface area (Å²) in [5.74, 6) is 0.820. The summed E-state index contributed by atoms with van der Waals surface area (Å²) in [4.78, 5) is 0. The van der Waals surface area contributed by atoms with Gasteiger partial charge in [0.2, 0.25) is 0 Å². The SMILES string of the molecule is Cc1ccc2c(c1)OC1(CCCC1)C(N)C2O.Cl. The van der Waals surface area contributed by atoms with Crippen LogP contribution in [0.3, 0.4) is 0 Å². The van der Waals surface area contributed by atoms with E-state index in [0.29, 0.717) is 0 Å². The fourth-order valence-electron chi connectivity index (χ4n) is 3.15. The molecule has 0 amide bonds. The number of hydrogen-bond acceptors (Lipinski definition) is 3. The Hall–Kier alpha value is -0.770. The van der Waals surface area contributed by atoms with E-state index in [1.165, 1.54) is 0 Å².